The topological polar surface area (TPSA) is 108 Å². The summed E-state index contributed by atoms with van der Waals surface area (Å²) in [5.41, 5.74) is 0. The van der Waals surface area contributed by atoms with E-state index in [9.17, 15) is 19.4 Å². The zero-order chi connectivity index (χ0) is 31.5. The summed E-state index contributed by atoms with van der Waals surface area (Å²) < 4.78 is 22.9. The van der Waals surface area contributed by atoms with Gasteiger partial charge in [-0.25, -0.2) is 0 Å². The molecule has 0 saturated carbocycles. The summed E-state index contributed by atoms with van der Waals surface area (Å²) in [6.07, 6.45) is 26.7. The first-order valence-corrected chi connectivity index (χ1v) is 18.2. The van der Waals surface area contributed by atoms with Crippen molar-refractivity contribution in [2.45, 2.75) is 142 Å². The molecule has 0 spiro atoms. The van der Waals surface area contributed by atoms with Crippen LogP contribution in [-0.2, 0) is 18.4 Å². The van der Waals surface area contributed by atoms with Gasteiger partial charge in [0.15, 0.2) is 0 Å². The minimum atomic E-state index is -4.57. The van der Waals surface area contributed by atoms with E-state index in [0.717, 1.165) is 38.5 Å². The third kappa shape index (κ3) is 27.8. The summed E-state index contributed by atoms with van der Waals surface area (Å²) >= 11 is 0. The average molecular weight is 617 g/mol. The lowest BCUT2D eigenvalue weighted by Gasteiger charge is -2.29. The molecule has 0 radical (unpaired) electrons. The molecule has 3 unspecified atom stereocenters. The normalized spacial score (nSPS) is 15.3. The molecule has 0 rings (SSSR count). The maximum atomic E-state index is 12.6. The molecule has 9 heteroatoms. The molecular formula is C33H65N2O6P. The Bertz CT molecular complexity index is 753. The van der Waals surface area contributed by atoms with Crippen LogP contribution in [0.5, 0.6) is 0 Å². The van der Waals surface area contributed by atoms with Crippen LogP contribution in [0.2, 0.25) is 0 Å². The molecule has 0 aliphatic rings. The van der Waals surface area contributed by atoms with Crippen molar-refractivity contribution in [3.05, 3.63) is 24.3 Å². The number of aliphatic hydroxyl groups excluding tert-OH is 1. The molecule has 42 heavy (non-hydrogen) atoms. The van der Waals surface area contributed by atoms with E-state index in [4.69, 9.17) is 9.05 Å². The Morgan fingerprint density at radius 3 is 1.93 bits per heavy atom. The van der Waals surface area contributed by atoms with Gasteiger partial charge in [-0.3, -0.25) is 9.36 Å². The molecule has 8 nitrogen and oxygen atoms in total. The van der Waals surface area contributed by atoms with E-state index in [1.807, 2.05) is 27.2 Å². The van der Waals surface area contributed by atoms with E-state index in [1.54, 1.807) is 6.08 Å². The fourth-order valence-electron chi connectivity index (χ4n) is 4.40. The lowest BCUT2D eigenvalue weighted by Crippen LogP contribution is -2.45. The minimum absolute atomic E-state index is 0.00560. The van der Waals surface area contributed by atoms with Gasteiger partial charge in [-0.05, 0) is 32.1 Å². The molecule has 0 heterocycles. The van der Waals surface area contributed by atoms with Gasteiger partial charge in [-0.15, -0.1) is 0 Å². The molecule has 3 atom stereocenters. The summed E-state index contributed by atoms with van der Waals surface area (Å²) in [5.74, 6) is -0.220. The Hall–Kier alpha value is -1.02. The Morgan fingerprint density at radius 1 is 0.810 bits per heavy atom. The quantitative estimate of drug-likeness (QED) is 0.0398. The van der Waals surface area contributed by atoms with E-state index < -0.39 is 26.6 Å². The number of hydrogen-bond acceptors (Lipinski definition) is 6. The van der Waals surface area contributed by atoms with Crippen molar-refractivity contribution in [3.8, 4) is 0 Å². The second-order valence-electron chi connectivity index (χ2n) is 12.5. The highest BCUT2D eigenvalue weighted by atomic mass is 31.2. The van der Waals surface area contributed by atoms with Gasteiger partial charge in [0.2, 0.25) is 5.91 Å². The van der Waals surface area contributed by atoms with Crippen LogP contribution in [0, 0.1) is 0 Å². The monoisotopic (exact) mass is 616 g/mol. The fraction of sp³-hybridized carbons (Fsp3) is 0.848. The summed E-state index contributed by atoms with van der Waals surface area (Å²) in [6, 6.07) is -0.893. The standard InChI is InChI=1S/C33H65N2O6P/c1-6-8-10-12-14-15-16-17-18-19-20-21-22-24-26-32(36)31(34-33(37)27-25-23-13-11-9-7-2)30-41-42(38,39)40-29-28-35(3,4)5/h19-20,24,26,31-32,36H,6-18,21-23,25,27-30H2,1-5H3,(H-,34,37,38,39)/b20-19+,26-24+. The highest BCUT2D eigenvalue weighted by Gasteiger charge is 2.23. The summed E-state index contributed by atoms with van der Waals surface area (Å²) in [6.45, 7) is 4.51. The first kappa shape index (κ1) is 41.0. The van der Waals surface area contributed by atoms with Crippen molar-refractivity contribution < 1.29 is 32.9 Å². The van der Waals surface area contributed by atoms with E-state index in [-0.39, 0.29) is 12.5 Å². The number of carbonyl (C=O) groups excluding carboxylic acids is 1. The number of nitrogens with one attached hydrogen (secondary N) is 1. The van der Waals surface area contributed by atoms with Gasteiger partial charge in [0, 0.05) is 6.42 Å². The number of aliphatic hydroxyl groups is 1. The van der Waals surface area contributed by atoms with Crippen molar-refractivity contribution in [2.75, 3.05) is 40.9 Å². The van der Waals surface area contributed by atoms with Crippen LogP contribution in [0.4, 0.5) is 0 Å². The van der Waals surface area contributed by atoms with Gasteiger partial charge in [0.1, 0.15) is 13.2 Å². The predicted molar refractivity (Wildman–Crippen MR) is 173 cm³/mol. The SMILES string of the molecule is CCCCCCCCCC/C=C/CC/C=C/C(O)C(COP(=O)([O-])OCC[N+](C)(C)C)NC(=O)CCCCCCCC. The number of allylic oxidation sites excluding steroid dienone is 3. The van der Waals surface area contributed by atoms with Crippen molar-refractivity contribution in [3.63, 3.8) is 0 Å². The molecule has 0 aromatic rings. The molecule has 248 valence electrons. The van der Waals surface area contributed by atoms with Crippen LogP contribution in [-0.4, -0.2) is 68.5 Å². The van der Waals surface area contributed by atoms with Crippen LogP contribution in [0.1, 0.15) is 129 Å². The number of unbranched alkanes of at least 4 members (excludes halogenated alkanes) is 14. The molecular weight excluding hydrogens is 551 g/mol. The van der Waals surface area contributed by atoms with Crippen LogP contribution >= 0.6 is 7.82 Å². The number of carbonyl (C=O) groups is 1. The minimum Gasteiger partial charge on any atom is -0.756 e. The number of amides is 1. The highest BCUT2D eigenvalue weighted by molar-refractivity contribution is 7.45. The zero-order valence-electron chi connectivity index (χ0n) is 27.7. The largest absolute Gasteiger partial charge is 0.756 e. The smallest absolute Gasteiger partial charge is 0.268 e. The van der Waals surface area contributed by atoms with E-state index >= 15 is 0 Å². The Morgan fingerprint density at radius 2 is 1.33 bits per heavy atom. The molecule has 0 aromatic heterocycles. The molecule has 0 aliphatic carbocycles. The number of nitrogens with zero attached hydrogens (tertiary/aromatic N) is 1. The van der Waals surface area contributed by atoms with E-state index in [1.165, 1.54) is 70.6 Å². The van der Waals surface area contributed by atoms with Crippen LogP contribution in [0.15, 0.2) is 24.3 Å². The van der Waals surface area contributed by atoms with Crippen LogP contribution in [0.25, 0.3) is 0 Å². The van der Waals surface area contributed by atoms with E-state index in [2.05, 4.69) is 31.3 Å². The fourth-order valence-corrected chi connectivity index (χ4v) is 5.12. The molecule has 0 aliphatic heterocycles. The summed E-state index contributed by atoms with van der Waals surface area (Å²) in [5, 5.41) is 13.5. The molecule has 2 N–H and O–H groups in total. The maximum Gasteiger partial charge on any atom is 0.268 e. The van der Waals surface area contributed by atoms with Gasteiger partial charge in [0.05, 0.1) is 39.9 Å². The van der Waals surface area contributed by atoms with Gasteiger partial charge in [0.25, 0.3) is 7.82 Å². The maximum absolute atomic E-state index is 12.6. The molecule has 0 bridgehead atoms. The van der Waals surface area contributed by atoms with Crippen molar-refractivity contribution in [2.24, 2.45) is 0 Å². The van der Waals surface area contributed by atoms with Gasteiger partial charge in [-0.1, -0.05) is 115 Å². The molecule has 0 fully saturated rings. The number of quaternary nitrogens is 1. The Kier molecular flexibility index (Phi) is 25.7. The third-order valence-corrected chi connectivity index (χ3v) is 8.13. The van der Waals surface area contributed by atoms with Crippen LogP contribution in [0.3, 0.4) is 0 Å². The van der Waals surface area contributed by atoms with Gasteiger partial charge >= 0.3 is 0 Å². The number of likely N-dealkylation sites (N-methyl/N-ethyl adjacent to an activating group) is 1. The number of rotatable bonds is 29. The number of phosphoric acid groups is 1. The third-order valence-electron chi connectivity index (χ3n) is 7.16. The Balaban J connectivity index is 4.63. The predicted octanol–water partition coefficient (Wildman–Crippen LogP) is 7.21. The molecule has 0 saturated heterocycles. The number of phosphoric ester groups is 1. The van der Waals surface area contributed by atoms with Crippen molar-refractivity contribution in [1.29, 1.82) is 0 Å². The van der Waals surface area contributed by atoms with Gasteiger partial charge in [-0.2, -0.15) is 0 Å². The summed E-state index contributed by atoms with van der Waals surface area (Å²) in [7, 11) is 1.24. The van der Waals surface area contributed by atoms with Crippen LogP contribution < -0.4 is 10.2 Å². The first-order valence-electron chi connectivity index (χ1n) is 16.7. The average Bonchev–Trinajstić information content (AvgIpc) is 2.92. The summed E-state index contributed by atoms with van der Waals surface area (Å²) in [4.78, 5) is 24.8. The first-order chi connectivity index (χ1) is 20.0. The zero-order valence-corrected chi connectivity index (χ0v) is 28.6. The van der Waals surface area contributed by atoms with Crippen molar-refractivity contribution >= 4 is 13.7 Å². The van der Waals surface area contributed by atoms with E-state index in [0.29, 0.717) is 17.4 Å². The molecule has 0 aromatic carbocycles. The lowest BCUT2D eigenvalue weighted by atomic mass is 10.1. The second-order valence-corrected chi connectivity index (χ2v) is 13.9. The van der Waals surface area contributed by atoms with Crippen molar-refractivity contribution in [1.82, 2.24) is 5.32 Å². The number of hydrogen-bond donors (Lipinski definition) is 2. The van der Waals surface area contributed by atoms with Gasteiger partial charge < -0.3 is 28.8 Å². The highest BCUT2D eigenvalue weighted by Crippen LogP contribution is 2.38. The Labute approximate surface area is 258 Å². The lowest BCUT2D eigenvalue weighted by molar-refractivity contribution is -0.870. The second kappa shape index (κ2) is 26.4. The molecule has 1 amide bonds.